The molecule has 0 amide bonds. The van der Waals surface area contributed by atoms with Crippen molar-refractivity contribution in [1.82, 2.24) is 0 Å². The van der Waals surface area contributed by atoms with Crippen LogP contribution in [0.5, 0.6) is 0 Å². The van der Waals surface area contributed by atoms with E-state index in [1.807, 2.05) is 34.0 Å². The van der Waals surface area contributed by atoms with Gasteiger partial charge in [0, 0.05) is 94.6 Å². The Bertz CT molecular complexity index is 2980. The summed E-state index contributed by atoms with van der Waals surface area (Å²) in [5.74, 6) is 0. The summed E-state index contributed by atoms with van der Waals surface area (Å²) in [7, 11) is 0. The van der Waals surface area contributed by atoms with Crippen molar-refractivity contribution in [2.45, 2.75) is 0 Å². The maximum atomic E-state index is 2.45. The van der Waals surface area contributed by atoms with Crippen molar-refractivity contribution in [2.24, 2.45) is 0 Å². The van der Waals surface area contributed by atoms with Crippen LogP contribution in [0.25, 0.3) is 60.5 Å². The number of anilines is 6. The highest BCUT2D eigenvalue weighted by atomic mass is 32.1. The van der Waals surface area contributed by atoms with E-state index in [2.05, 4.69) is 192 Å². The van der Waals surface area contributed by atoms with Crippen LogP contribution in [0, 0.1) is 0 Å². The average molecular weight is 731 g/mol. The lowest BCUT2D eigenvalue weighted by Gasteiger charge is -2.26. The van der Waals surface area contributed by atoms with E-state index in [4.69, 9.17) is 0 Å². The zero-order valence-corrected chi connectivity index (χ0v) is 30.9. The summed E-state index contributed by atoms with van der Waals surface area (Å²) in [6.07, 6.45) is 0. The molecule has 8 aromatic carbocycles. The maximum Gasteiger partial charge on any atom is 0.0476 e. The second-order valence-corrected chi connectivity index (χ2v) is 16.6. The summed E-state index contributed by atoms with van der Waals surface area (Å²) < 4.78 is 7.82. The van der Waals surface area contributed by atoms with Gasteiger partial charge in [-0.15, -0.1) is 34.0 Å². The van der Waals surface area contributed by atoms with Gasteiger partial charge in [-0.3, -0.25) is 0 Å². The van der Waals surface area contributed by atoms with E-state index >= 15 is 0 Å². The first kappa shape index (κ1) is 30.6. The van der Waals surface area contributed by atoms with E-state index in [0.29, 0.717) is 0 Å². The van der Waals surface area contributed by atoms with Crippen molar-refractivity contribution >= 4 is 129 Å². The minimum Gasteiger partial charge on any atom is -0.310 e. The number of benzene rings is 8. The van der Waals surface area contributed by atoms with Crippen molar-refractivity contribution in [3.63, 3.8) is 0 Å². The van der Waals surface area contributed by atoms with Gasteiger partial charge < -0.3 is 9.80 Å². The van der Waals surface area contributed by atoms with Crippen LogP contribution in [0.1, 0.15) is 0 Å². The zero-order valence-electron chi connectivity index (χ0n) is 28.4. The highest BCUT2D eigenvalue weighted by molar-refractivity contribution is 7.26. The van der Waals surface area contributed by atoms with Gasteiger partial charge in [0.2, 0.25) is 0 Å². The van der Waals surface area contributed by atoms with Crippen LogP contribution in [-0.4, -0.2) is 0 Å². The lowest BCUT2D eigenvalue weighted by atomic mass is 10.1. The Morgan fingerprint density at radius 1 is 0.226 bits per heavy atom. The number of rotatable bonds is 6. The SMILES string of the molecule is c1ccc(N(c2ccccc2)c2ccc3c(c2)sc2ccc(N(c4ccc5sc6ccccc6c5c4)c4ccc5sc6ccccc6c5c4)cc23)cc1. The number of nitrogens with zero attached hydrogens (tertiary/aromatic N) is 2. The fraction of sp³-hybridized carbons (Fsp3) is 0. The quantitative estimate of drug-likeness (QED) is 0.168. The monoisotopic (exact) mass is 730 g/mol. The van der Waals surface area contributed by atoms with E-state index in [1.165, 1.54) is 60.5 Å². The molecule has 0 radical (unpaired) electrons. The molecule has 0 N–H and O–H groups in total. The van der Waals surface area contributed by atoms with E-state index in [0.717, 1.165) is 34.1 Å². The summed E-state index contributed by atoms with van der Waals surface area (Å²) in [6, 6.07) is 66.7. The van der Waals surface area contributed by atoms with Crippen LogP contribution in [0.2, 0.25) is 0 Å². The molecule has 0 aliphatic rings. The number of hydrogen-bond acceptors (Lipinski definition) is 5. The van der Waals surface area contributed by atoms with Gasteiger partial charge in [0.05, 0.1) is 0 Å². The molecule has 3 heterocycles. The normalized spacial score (nSPS) is 11.8. The molecule has 0 atom stereocenters. The van der Waals surface area contributed by atoms with E-state index < -0.39 is 0 Å². The highest BCUT2D eigenvalue weighted by Crippen LogP contribution is 2.46. The lowest BCUT2D eigenvalue weighted by molar-refractivity contribution is 1.29. The first-order valence-corrected chi connectivity index (χ1v) is 20.2. The van der Waals surface area contributed by atoms with Crippen LogP contribution >= 0.6 is 34.0 Å². The first-order chi connectivity index (χ1) is 26.2. The third-order valence-electron chi connectivity index (χ3n) is 10.2. The molecule has 0 bridgehead atoms. The highest BCUT2D eigenvalue weighted by Gasteiger charge is 2.19. The Morgan fingerprint density at radius 2 is 0.566 bits per heavy atom. The minimum absolute atomic E-state index is 1.14. The zero-order chi connectivity index (χ0) is 34.9. The molecular weight excluding hydrogens is 701 g/mol. The predicted molar refractivity (Wildman–Crippen MR) is 234 cm³/mol. The summed E-state index contributed by atoms with van der Waals surface area (Å²) in [4.78, 5) is 4.78. The summed E-state index contributed by atoms with van der Waals surface area (Å²) in [5, 5.41) is 7.76. The largest absolute Gasteiger partial charge is 0.310 e. The van der Waals surface area contributed by atoms with Crippen LogP contribution < -0.4 is 9.80 Å². The Morgan fingerprint density at radius 3 is 1.06 bits per heavy atom. The molecule has 2 nitrogen and oxygen atoms in total. The molecule has 11 rings (SSSR count). The molecule has 0 fully saturated rings. The Labute approximate surface area is 318 Å². The van der Waals surface area contributed by atoms with Gasteiger partial charge in [-0.25, -0.2) is 0 Å². The van der Waals surface area contributed by atoms with Crippen molar-refractivity contribution < 1.29 is 0 Å². The summed E-state index contributed by atoms with van der Waals surface area (Å²) in [5.41, 5.74) is 6.89. The average Bonchev–Trinajstić information content (AvgIpc) is 3.89. The van der Waals surface area contributed by atoms with Gasteiger partial charge in [-0.1, -0.05) is 78.9 Å². The second-order valence-electron chi connectivity index (χ2n) is 13.4. The van der Waals surface area contributed by atoms with E-state index in [9.17, 15) is 0 Å². The van der Waals surface area contributed by atoms with Crippen molar-refractivity contribution in [1.29, 1.82) is 0 Å². The molecule has 0 spiro atoms. The van der Waals surface area contributed by atoms with Gasteiger partial charge in [0.1, 0.15) is 0 Å². The molecule has 0 saturated carbocycles. The molecule has 53 heavy (non-hydrogen) atoms. The lowest BCUT2D eigenvalue weighted by Crippen LogP contribution is -2.09. The number of fused-ring (bicyclic) bond motifs is 9. The van der Waals surface area contributed by atoms with Crippen molar-refractivity contribution in [3.8, 4) is 0 Å². The third-order valence-corrected chi connectivity index (χ3v) is 13.7. The molecule has 5 heteroatoms. The van der Waals surface area contributed by atoms with Crippen molar-refractivity contribution in [3.05, 3.63) is 182 Å². The fourth-order valence-corrected chi connectivity index (χ4v) is 11.1. The summed E-state index contributed by atoms with van der Waals surface area (Å²) in [6.45, 7) is 0. The molecule has 0 aliphatic carbocycles. The van der Waals surface area contributed by atoms with Crippen LogP contribution in [0.15, 0.2) is 182 Å². The second kappa shape index (κ2) is 12.3. The Balaban J connectivity index is 1.09. The van der Waals surface area contributed by atoms with Gasteiger partial charge in [-0.05, 0) is 103 Å². The third kappa shape index (κ3) is 5.12. The topological polar surface area (TPSA) is 6.48 Å². The van der Waals surface area contributed by atoms with E-state index in [-0.39, 0.29) is 0 Å². The molecule has 11 aromatic rings. The molecule has 0 unspecified atom stereocenters. The standard InChI is InChI=1S/C48H30N2S3/c1-3-11-31(12-4-1)49(32-13-5-2-6-14-32)36-19-23-39-42-29-35(22-26-47(42)53-48(39)30-36)50(33-20-24-45-40(27-33)37-15-7-9-17-43(37)51-45)34-21-25-46-41(28-34)38-16-8-10-18-44(38)52-46/h1-30H. The molecule has 250 valence electrons. The fourth-order valence-electron chi connectivity index (χ4n) is 7.79. The van der Waals surface area contributed by atoms with Gasteiger partial charge >= 0.3 is 0 Å². The Kier molecular flexibility index (Phi) is 7.12. The van der Waals surface area contributed by atoms with Gasteiger partial charge in [0.25, 0.3) is 0 Å². The summed E-state index contributed by atoms with van der Waals surface area (Å²) >= 11 is 5.59. The van der Waals surface area contributed by atoms with Crippen molar-refractivity contribution in [2.75, 3.05) is 9.80 Å². The molecule has 0 saturated heterocycles. The van der Waals surface area contributed by atoms with Crippen LogP contribution in [-0.2, 0) is 0 Å². The van der Waals surface area contributed by atoms with Crippen LogP contribution in [0.3, 0.4) is 0 Å². The molecular formula is C48H30N2S3. The van der Waals surface area contributed by atoms with Gasteiger partial charge in [-0.2, -0.15) is 0 Å². The van der Waals surface area contributed by atoms with E-state index in [1.54, 1.807) is 0 Å². The van der Waals surface area contributed by atoms with Crippen LogP contribution in [0.4, 0.5) is 34.1 Å². The maximum absolute atomic E-state index is 2.45. The molecule has 3 aromatic heterocycles. The van der Waals surface area contributed by atoms with Gasteiger partial charge in [0.15, 0.2) is 0 Å². The minimum atomic E-state index is 1.14. The predicted octanol–water partition coefficient (Wildman–Crippen LogP) is 15.7. The first-order valence-electron chi connectivity index (χ1n) is 17.7. The number of para-hydroxylation sites is 2. The number of hydrogen-bond donors (Lipinski definition) is 0. The number of thiophene rings is 3. The molecule has 0 aliphatic heterocycles. The smallest absolute Gasteiger partial charge is 0.0476 e. The Hall–Kier alpha value is -5.98.